The van der Waals surface area contributed by atoms with Crippen LogP contribution in [0.2, 0.25) is 0 Å². The van der Waals surface area contributed by atoms with E-state index >= 15 is 0 Å². The molecule has 1 nitrogen and oxygen atoms in total. The maximum absolute atomic E-state index is 12.2. The zero-order chi connectivity index (χ0) is 7.28. The molecular formula is C7H15FO. The molecule has 0 aliphatic heterocycles. The van der Waals surface area contributed by atoms with E-state index in [4.69, 9.17) is 5.11 Å². The second-order valence-corrected chi connectivity index (χ2v) is 2.75. The third-order valence-corrected chi connectivity index (χ3v) is 1.26. The van der Waals surface area contributed by atoms with Gasteiger partial charge in [0.05, 0.1) is 6.61 Å². The third kappa shape index (κ3) is 5.77. The summed E-state index contributed by atoms with van der Waals surface area (Å²) in [5.41, 5.74) is 0. The minimum atomic E-state index is -1.01. The van der Waals surface area contributed by atoms with Crippen molar-refractivity contribution in [3.8, 4) is 0 Å². The molecule has 0 aliphatic carbocycles. The van der Waals surface area contributed by atoms with Crippen molar-refractivity contribution < 1.29 is 9.50 Å². The molecule has 0 fully saturated rings. The van der Waals surface area contributed by atoms with Gasteiger partial charge in [0, 0.05) is 0 Å². The molecule has 0 aromatic heterocycles. The molecule has 1 atom stereocenters. The van der Waals surface area contributed by atoms with Crippen molar-refractivity contribution in [1.29, 1.82) is 0 Å². The van der Waals surface area contributed by atoms with Crippen molar-refractivity contribution in [2.75, 3.05) is 6.61 Å². The van der Waals surface area contributed by atoms with Crippen molar-refractivity contribution in [3.05, 3.63) is 0 Å². The number of hydrogen-bond acceptors (Lipinski definition) is 1. The van der Waals surface area contributed by atoms with Gasteiger partial charge in [-0.25, -0.2) is 4.39 Å². The standard InChI is InChI=1S/C7H15FO/c1-6(2)3-4-7(8)5-9/h6-7,9H,3-5H2,1-2H3/t7-/m0/s1. The van der Waals surface area contributed by atoms with Crippen molar-refractivity contribution in [2.45, 2.75) is 32.9 Å². The van der Waals surface area contributed by atoms with Crippen LogP contribution in [0.1, 0.15) is 26.7 Å². The summed E-state index contributed by atoms with van der Waals surface area (Å²) in [5, 5.41) is 8.27. The first-order valence-electron chi connectivity index (χ1n) is 3.41. The molecule has 0 saturated carbocycles. The zero-order valence-corrected chi connectivity index (χ0v) is 6.10. The highest BCUT2D eigenvalue weighted by Crippen LogP contribution is 2.08. The van der Waals surface area contributed by atoms with Gasteiger partial charge in [-0.3, -0.25) is 0 Å². The lowest BCUT2D eigenvalue weighted by Gasteiger charge is -2.05. The molecule has 0 aromatic rings. The summed E-state index contributed by atoms with van der Waals surface area (Å²) in [5.74, 6) is 0.537. The summed E-state index contributed by atoms with van der Waals surface area (Å²) in [6, 6.07) is 0. The topological polar surface area (TPSA) is 20.2 Å². The van der Waals surface area contributed by atoms with Crippen LogP contribution in [-0.4, -0.2) is 17.9 Å². The van der Waals surface area contributed by atoms with Crippen LogP contribution in [0.25, 0.3) is 0 Å². The quantitative estimate of drug-likeness (QED) is 0.621. The van der Waals surface area contributed by atoms with Gasteiger partial charge >= 0.3 is 0 Å². The summed E-state index contributed by atoms with van der Waals surface area (Å²) in [6.45, 7) is 3.76. The highest BCUT2D eigenvalue weighted by atomic mass is 19.1. The first-order valence-corrected chi connectivity index (χ1v) is 3.41. The molecule has 0 radical (unpaired) electrons. The number of rotatable bonds is 4. The number of aliphatic hydroxyl groups excluding tert-OH is 1. The predicted octanol–water partition coefficient (Wildman–Crippen LogP) is 1.75. The molecule has 1 N–H and O–H groups in total. The summed E-state index contributed by atoms with van der Waals surface area (Å²) in [4.78, 5) is 0. The molecule has 0 aromatic carbocycles. The number of aliphatic hydroxyl groups is 1. The van der Waals surface area contributed by atoms with Crippen LogP contribution >= 0.6 is 0 Å². The molecule has 0 rings (SSSR count). The fourth-order valence-corrected chi connectivity index (χ4v) is 0.605. The van der Waals surface area contributed by atoms with Crippen LogP contribution in [0, 0.1) is 5.92 Å². The van der Waals surface area contributed by atoms with E-state index in [2.05, 4.69) is 0 Å². The molecule has 0 spiro atoms. The Morgan fingerprint density at radius 3 is 2.22 bits per heavy atom. The fraction of sp³-hybridized carbons (Fsp3) is 1.00. The summed E-state index contributed by atoms with van der Waals surface area (Å²) >= 11 is 0. The molecule has 0 heterocycles. The summed E-state index contributed by atoms with van der Waals surface area (Å²) in [7, 11) is 0. The van der Waals surface area contributed by atoms with Crippen LogP contribution in [-0.2, 0) is 0 Å². The van der Waals surface area contributed by atoms with E-state index in [1.807, 2.05) is 13.8 Å². The van der Waals surface area contributed by atoms with E-state index in [1.54, 1.807) is 0 Å². The predicted molar refractivity (Wildman–Crippen MR) is 36.1 cm³/mol. The number of hydrogen-bond donors (Lipinski definition) is 1. The van der Waals surface area contributed by atoms with Crippen LogP contribution in [0.3, 0.4) is 0 Å². The van der Waals surface area contributed by atoms with Crippen molar-refractivity contribution in [3.63, 3.8) is 0 Å². The molecule has 2 heteroatoms. The molecular weight excluding hydrogens is 119 g/mol. The van der Waals surface area contributed by atoms with Gasteiger partial charge in [0.2, 0.25) is 0 Å². The van der Waals surface area contributed by atoms with Crippen molar-refractivity contribution >= 4 is 0 Å². The monoisotopic (exact) mass is 134 g/mol. The summed E-state index contributed by atoms with van der Waals surface area (Å²) < 4.78 is 12.2. The minimum absolute atomic E-state index is 0.327. The largest absolute Gasteiger partial charge is 0.393 e. The molecule has 56 valence electrons. The lowest BCUT2D eigenvalue weighted by molar-refractivity contribution is 0.164. The summed E-state index contributed by atoms with van der Waals surface area (Å²) in [6.07, 6.45) is 0.350. The maximum Gasteiger partial charge on any atom is 0.123 e. The van der Waals surface area contributed by atoms with E-state index < -0.39 is 6.17 Å². The van der Waals surface area contributed by atoms with E-state index in [0.29, 0.717) is 12.3 Å². The first-order chi connectivity index (χ1) is 4.16. The Balaban J connectivity index is 3.06. The smallest absolute Gasteiger partial charge is 0.123 e. The number of halogens is 1. The van der Waals surface area contributed by atoms with Crippen LogP contribution in [0.4, 0.5) is 4.39 Å². The van der Waals surface area contributed by atoms with Gasteiger partial charge in [-0.15, -0.1) is 0 Å². The average Bonchev–Trinajstić information content (AvgIpc) is 1.83. The van der Waals surface area contributed by atoms with E-state index in [0.717, 1.165) is 6.42 Å². The number of alkyl halides is 1. The zero-order valence-electron chi connectivity index (χ0n) is 6.10. The Hall–Kier alpha value is -0.110. The van der Waals surface area contributed by atoms with Gasteiger partial charge in [-0.2, -0.15) is 0 Å². The third-order valence-electron chi connectivity index (χ3n) is 1.26. The molecule has 9 heavy (non-hydrogen) atoms. The van der Waals surface area contributed by atoms with Crippen LogP contribution in [0.15, 0.2) is 0 Å². The van der Waals surface area contributed by atoms with E-state index in [9.17, 15) is 4.39 Å². The maximum atomic E-state index is 12.2. The van der Waals surface area contributed by atoms with Gasteiger partial charge < -0.3 is 5.11 Å². The van der Waals surface area contributed by atoms with Gasteiger partial charge in [-0.05, 0) is 18.8 Å². The highest BCUT2D eigenvalue weighted by molar-refractivity contribution is 4.54. The Morgan fingerprint density at radius 2 is 1.89 bits per heavy atom. The molecule has 0 bridgehead atoms. The Bertz CT molecular complexity index is 63.9. The normalized spacial score (nSPS) is 14.3. The Kier molecular flexibility index (Phi) is 4.68. The van der Waals surface area contributed by atoms with Crippen LogP contribution < -0.4 is 0 Å². The van der Waals surface area contributed by atoms with Gasteiger partial charge in [0.15, 0.2) is 0 Å². The van der Waals surface area contributed by atoms with E-state index in [1.165, 1.54) is 0 Å². The Labute approximate surface area is 55.9 Å². The van der Waals surface area contributed by atoms with Crippen LogP contribution in [0.5, 0.6) is 0 Å². The first kappa shape index (κ1) is 8.89. The fourth-order valence-electron chi connectivity index (χ4n) is 0.605. The van der Waals surface area contributed by atoms with Gasteiger partial charge in [0.1, 0.15) is 6.17 Å². The Morgan fingerprint density at radius 1 is 1.33 bits per heavy atom. The minimum Gasteiger partial charge on any atom is -0.393 e. The van der Waals surface area contributed by atoms with Crippen molar-refractivity contribution in [1.82, 2.24) is 0 Å². The van der Waals surface area contributed by atoms with Crippen molar-refractivity contribution in [2.24, 2.45) is 5.92 Å². The lowest BCUT2D eigenvalue weighted by Crippen LogP contribution is -2.06. The second kappa shape index (κ2) is 4.74. The van der Waals surface area contributed by atoms with Gasteiger partial charge in [-0.1, -0.05) is 13.8 Å². The average molecular weight is 134 g/mol. The highest BCUT2D eigenvalue weighted by Gasteiger charge is 2.04. The molecule has 0 unspecified atom stereocenters. The van der Waals surface area contributed by atoms with Gasteiger partial charge in [0.25, 0.3) is 0 Å². The second-order valence-electron chi connectivity index (χ2n) is 2.75. The SMILES string of the molecule is CC(C)CC[C@H](F)CO. The lowest BCUT2D eigenvalue weighted by atomic mass is 10.1. The molecule has 0 aliphatic rings. The van der Waals surface area contributed by atoms with E-state index in [-0.39, 0.29) is 6.61 Å². The molecule has 0 amide bonds. The molecule has 0 saturated heterocycles.